The number of hydrogen-bond acceptors (Lipinski definition) is 3. The summed E-state index contributed by atoms with van der Waals surface area (Å²) in [7, 11) is 0. The van der Waals surface area contributed by atoms with Crippen molar-refractivity contribution in [3.8, 4) is 0 Å². The van der Waals surface area contributed by atoms with Crippen LogP contribution in [0.5, 0.6) is 0 Å². The minimum absolute atomic E-state index is 0.211. The van der Waals surface area contributed by atoms with Crippen LogP contribution in [-0.4, -0.2) is 24.7 Å². The summed E-state index contributed by atoms with van der Waals surface area (Å²) in [6, 6.07) is 1.25. The molecule has 0 aromatic carbocycles. The third-order valence-electron chi connectivity index (χ3n) is 1.01. The molecule has 0 aromatic rings. The normalized spacial score (nSPS) is 9.54. The summed E-state index contributed by atoms with van der Waals surface area (Å²) in [4.78, 5) is 9.82. The molecule has 80 valence electrons. The van der Waals surface area contributed by atoms with Crippen molar-refractivity contribution in [2.75, 3.05) is 6.61 Å². The Kier molecular flexibility index (Phi) is 10.9. The molecular formula is C10H23NO2. The average molecular weight is 189 g/mol. The summed E-state index contributed by atoms with van der Waals surface area (Å²) in [6.07, 6.45) is 0. The van der Waals surface area contributed by atoms with Crippen LogP contribution in [-0.2, 0) is 9.53 Å². The van der Waals surface area contributed by atoms with Crippen molar-refractivity contribution in [3.05, 3.63) is 0 Å². The van der Waals surface area contributed by atoms with Gasteiger partial charge in [0.1, 0.15) is 0 Å². The maximum atomic E-state index is 9.82. The van der Waals surface area contributed by atoms with Gasteiger partial charge in [0, 0.05) is 19.0 Å². The van der Waals surface area contributed by atoms with Gasteiger partial charge in [0.2, 0.25) is 0 Å². The zero-order chi connectivity index (χ0) is 10.9. The summed E-state index contributed by atoms with van der Waals surface area (Å²) < 4.78 is 4.40. The van der Waals surface area contributed by atoms with Gasteiger partial charge in [-0.25, -0.2) is 0 Å². The zero-order valence-corrected chi connectivity index (χ0v) is 9.68. The first kappa shape index (κ1) is 14.9. The lowest BCUT2D eigenvalue weighted by Gasteiger charge is -2.10. The Morgan fingerprint density at radius 3 is 1.62 bits per heavy atom. The standard InChI is InChI=1S/C6H15N.C4H8O2/c1-5(2)7-6(3)4;1-3-6-4(2)5/h5-7H,1-4H3;3H2,1-2H3. The summed E-state index contributed by atoms with van der Waals surface area (Å²) in [5.41, 5.74) is 0. The third-order valence-corrected chi connectivity index (χ3v) is 1.01. The Bertz CT molecular complexity index is 116. The minimum atomic E-state index is -0.211. The van der Waals surface area contributed by atoms with E-state index in [0.29, 0.717) is 18.7 Å². The lowest BCUT2D eigenvalue weighted by atomic mass is 10.3. The highest BCUT2D eigenvalue weighted by Gasteiger charge is 1.92. The van der Waals surface area contributed by atoms with Gasteiger partial charge in [0.25, 0.3) is 0 Å². The van der Waals surface area contributed by atoms with E-state index in [4.69, 9.17) is 0 Å². The predicted octanol–water partition coefficient (Wildman–Crippen LogP) is 1.96. The molecule has 13 heavy (non-hydrogen) atoms. The lowest BCUT2D eigenvalue weighted by molar-refractivity contribution is -0.140. The molecule has 0 saturated heterocycles. The number of hydrogen-bond donors (Lipinski definition) is 1. The topological polar surface area (TPSA) is 38.3 Å². The first-order valence-electron chi connectivity index (χ1n) is 4.79. The monoisotopic (exact) mass is 189 g/mol. The van der Waals surface area contributed by atoms with E-state index in [9.17, 15) is 4.79 Å². The molecule has 0 saturated carbocycles. The van der Waals surface area contributed by atoms with Crippen molar-refractivity contribution in [2.24, 2.45) is 0 Å². The smallest absolute Gasteiger partial charge is 0.302 e. The van der Waals surface area contributed by atoms with Gasteiger partial charge < -0.3 is 10.1 Å². The van der Waals surface area contributed by atoms with Gasteiger partial charge in [0.15, 0.2) is 0 Å². The molecule has 0 heterocycles. The average Bonchev–Trinajstić information content (AvgIpc) is 1.83. The Morgan fingerprint density at radius 2 is 1.62 bits per heavy atom. The Hall–Kier alpha value is -0.570. The molecule has 0 aliphatic rings. The maximum Gasteiger partial charge on any atom is 0.302 e. The summed E-state index contributed by atoms with van der Waals surface area (Å²) in [5, 5.41) is 3.31. The second-order valence-corrected chi connectivity index (χ2v) is 3.40. The van der Waals surface area contributed by atoms with Gasteiger partial charge in [-0.05, 0) is 6.92 Å². The molecule has 1 N–H and O–H groups in total. The van der Waals surface area contributed by atoms with E-state index in [1.165, 1.54) is 6.92 Å². The maximum absolute atomic E-state index is 9.82. The van der Waals surface area contributed by atoms with Crippen LogP contribution in [0.3, 0.4) is 0 Å². The molecule has 0 amide bonds. The fourth-order valence-electron chi connectivity index (χ4n) is 0.870. The van der Waals surface area contributed by atoms with Crippen LogP contribution in [0.25, 0.3) is 0 Å². The van der Waals surface area contributed by atoms with E-state index in [2.05, 4.69) is 37.7 Å². The van der Waals surface area contributed by atoms with Crippen molar-refractivity contribution < 1.29 is 9.53 Å². The highest BCUT2D eigenvalue weighted by atomic mass is 16.5. The molecule has 0 bridgehead atoms. The SMILES string of the molecule is CC(C)NC(C)C.CCOC(C)=O. The van der Waals surface area contributed by atoms with E-state index in [-0.39, 0.29) is 5.97 Å². The highest BCUT2D eigenvalue weighted by molar-refractivity contribution is 5.65. The number of carbonyl (C=O) groups is 1. The molecule has 0 aliphatic heterocycles. The van der Waals surface area contributed by atoms with Gasteiger partial charge in [0.05, 0.1) is 6.61 Å². The molecule has 0 atom stereocenters. The molecule has 3 nitrogen and oxygen atoms in total. The molecule has 0 aliphatic carbocycles. The number of rotatable bonds is 3. The van der Waals surface area contributed by atoms with Crippen LogP contribution in [0.1, 0.15) is 41.5 Å². The van der Waals surface area contributed by atoms with Crippen molar-refractivity contribution in [3.63, 3.8) is 0 Å². The van der Waals surface area contributed by atoms with E-state index in [1.54, 1.807) is 6.92 Å². The van der Waals surface area contributed by atoms with Crippen molar-refractivity contribution in [1.29, 1.82) is 0 Å². The lowest BCUT2D eigenvalue weighted by Crippen LogP contribution is -2.29. The second kappa shape index (κ2) is 9.52. The molecule has 0 unspecified atom stereocenters. The molecule has 0 aromatic heterocycles. The van der Waals surface area contributed by atoms with Crippen molar-refractivity contribution in [1.82, 2.24) is 5.32 Å². The number of esters is 1. The Morgan fingerprint density at radius 1 is 1.23 bits per heavy atom. The van der Waals surface area contributed by atoms with Crippen LogP contribution in [0.2, 0.25) is 0 Å². The Balaban J connectivity index is 0. The largest absolute Gasteiger partial charge is 0.466 e. The minimum Gasteiger partial charge on any atom is -0.466 e. The first-order chi connectivity index (χ1) is 5.90. The fraction of sp³-hybridized carbons (Fsp3) is 0.900. The second-order valence-electron chi connectivity index (χ2n) is 3.40. The molecule has 3 heteroatoms. The number of carbonyl (C=O) groups excluding carboxylic acids is 1. The van der Waals surface area contributed by atoms with Gasteiger partial charge in [-0.2, -0.15) is 0 Å². The summed E-state index contributed by atoms with van der Waals surface area (Å²) in [6.45, 7) is 12.3. The number of ether oxygens (including phenoxy) is 1. The van der Waals surface area contributed by atoms with E-state index in [1.807, 2.05) is 0 Å². The van der Waals surface area contributed by atoms with Crippen LogP contribution in [0.4, 0.5) is 0 Å². The van der Waals surface area contributed by atoms with E-state index < -0.39 is 0 Å². The van der Waals surface area contributed by atoms with E-state index in [0.717, 1.165) is 0 Å². The Labute approximate surface area is 81.9 Å². The fourth-order valence-corrected chi connectivity index (χ4v) is 0.870. The molecular weight excluding hydrogens is 166 g/mol. The molecule has 0 radical (unpaired) electrons. The quantitative estimate of drug-likeness (QED) is 0.690. The van der Waals surface area contributed by atoms with Crippen molar-refractivity contribution in [2.45, 2.75) is 53.6 Å². The van der Waals surface area contributed by atoms with Crippen molar-refractivity contribution >= 4 is 5.97 Å². The van der Waals surface area contributed by atoms with Gasteiger partial charge in [-0.3, -0.25) is 4.79 Å². The van der Waals surface area contributed by atoms with Gasteiger partial charge >= 0.3 is 5.97 Å². The van der Waals surface area contributed by atoms with Crippen LogP contribution >= 0.6 is 0 Å². The molecule has 0 spiro atoms. The van der Waals surface area contributed by atoms with Gasteiger partial charge in [-0.1, -0.05) is 27.7 Å². The molecule has 0 fully saturated rings. The first-order valence-corrected chi connectivity index (χ1v) is 4.79. The van der Waals surface area contributed by atoms with Crippen LogP contribution in [0, 0.1) is 0 Å². The molecule has 0 rings (SSSR count). The summed E-state index contributed by atoms with van der Waals surface area (Å²) >= 11 is 0. The predicted molar refractivity (Wildman–Crippen MR) is 55.7 cm³/mol. The zero-order valence-electron chi connectivity index (χ0n) is 9.68. The highest BCUT2D eigenvalue weighted by Crippen LogP contribution is 1.80. The van der Waals surface area contributed by atoms with E-state index >= 15 is 0 Å². The third kappa shape index (κ3) is 24.6. The number of nitrogens with one attached hydrogen (secondary N) is 1. The van der Waals surface area contributed by atoms with Gasteiger partial charge in [-0.15, -0.1) is 0 Å². The van der Waals surface area contributed by atoms with Crippen LogP contribution in [0.15, 0.2) is 0 Å². The summed E-state index contributed by atoms with van der Waals surface area (Å²) in [5.74, 6) is -0.211. The van der Waals surface area contributed by atoms with Crippen LogP contribution < -0.4 is 5.32 Å².